The molecule has 0 aliphatic carbocycles. The predicted octanol–water partition coefficient (Wildman–Crippen LogP) is -1.04. The van der Waals surface area contributed by atoms with Gasteiger partial charge in [0.05, 0.1) is 12.0 Å². The van der Waals surface area contributed by atoms with E-state index < -0.39 is 0 Å². The third-order valence-corrected chi connectivity index (χ3v) is 2.43. The van der Waals surface area contributed by atoms with E-state index in [1.807, 2.05) is 0 Å². The molecule has 11 heavy (non-hydrogen) atoms. The van der Waals surface area contributed by atoms with E-state index in [9.17, 15) is 9.59 Å². The first-order chi connectivity index (χ1) is 5.18. The zero-order chi connectivity index (χ0) is 8.01. The van der Waals surface area contributed by atoms with Crippen molar-refractivity contribution in [3.63, 3.8) is 0 Å². The van der Waals surface area contributed by atoms with Crippen molar-refractivity contribution >= 4 is 11.8 Å². The van der Waals surface area contributed by atoms with Gasteiger partial charge in [-0.2, -0.15) is 0 Å². The SMILES string of the molecule is CC(=O)N1C[C@@H]2C(=O)N[C@@H]2C1. The Morgan fingerprint density at radius 2 is 2.36 bits per heavy atom. The highest BCUT2D eigenvalue weighted by Gasteiger charge is 2.46. The minimum Gasteiger partial charge on any atom is -0.350 e. The summed E-state index contributed by atoms with van der Waals surface area (Å²) < 4.78 is 0. The lowest BCUT2D eigenvalue weighted by atomic mass is 9.95. The number of amides is 2. The summed E-state index contributed by atoms with van der Waals surface area (Å²) in [5.74, 6) is 0.242. The number of β-lactam (4-membered cyclic amide) rings is 1. The first-order valence-electron chi connectivity index (χ1n) is 3.74. The molecular weight excluding hydrogens is 144 g/mol. The molecule has 2 aliphatic rings. The number of rotatable bonds is 0. The molecule has 0 saturated carbocycles. The van der Waals surface area contributed by atoms with Crippen molar-refractivity contribution in [1.29, 1.82) is 0 Å². The van der Waals surface area contributed by atoms with Crippen LogP contribution in [-0.4, -0.2) is 35.8 Å². The Morgan fingerprint density at radius 3 is 2.82 bits per heavy atom. The van der Waals surface area contributed by atoms with Crippen LogP contribution in [0.15, 0.2) is 0 Å². The third kappa shape index (κ3) is 0.818. The van der Waals surface area contributed by atoms with Gasteiger partial charge in [-0.3, -0.25) is 9.59 Å². The number of hydrogen-bond acceptors (Lipinski definition) is 2. The fourth-order valence-electron chi connectivity index (χ4n) is 1.67. The molecule has 2 amide bonds. The maximum atomic E-state index is 10.9. The van der Waals surface area contributed by atoms with Crippen molar-refractivity contribution in [2.24, 2.45) is 5.92 Å². The maximum absolute atomic E-state index is 10.9. The highest BCUT2D eigenvalue weighted by molar-refractivity contribution is 5.88. The first-order valence-corrected chi connectivity index (χ1v) is 3.74. The van der Waals surface area contributed by atoms with Gasteiger partial charge < -0.3 is 10.2 Å². The average Bonchev–Trinajstić information content (AvgIpc) is 2.26. The number of carbonyl (C=O) groups excluding carboxylic acids is 2. The van der Waals surface area contributed by atoms with E-state index in [1.54, 1.807) is 4.90 Å². The summed E-state index contributed by atoms with van der Waals surface area (Å²) in [6, 6.07) is 0.242. The van der Waals surface area contributed by atoms with E-state index in [0.29, 0.717) is 13.1 Å². The van der Waals surface area contributed by atoms with Crippen molar-refractivity contribution in [3.05, 3.63) is 0 Å². The molecule has 2 heterocycles. The average molecular weight is 154 g/mol. The molecule has 4 heteroatoms. The Kier molecular flexibility index (Phi) is 1.19. The van der Waals surface area contributed by atoms with Crippen LogP contribution in [0.3, 0.4) is 0 Å². The van der Waals surface area contributed by atoms with Gasteiger partial charge in [-0.25, -0.2) is 0 Å². The number of nitrogens with one attached hydrogen (secondary N) is 1. The Morgan fingerprint density at radius 1 is 1.64 bits per heavy atom. The fraction of sp³-hybridized carbons (Fsp3) is 0.714. The van der Waals surface area contributed by atoms with E-state index in [1.165, 1.54) is 6.92 Å². The number of carbonyl (C=O) groups is 2. The summed E-state index contributed by atoms with van der Waals surface area (Å²) in [6.45, 7) is 2.85. The number of nitrogens with zero attached hydrogens (tertiary/aromatic N) is 1. The summed E-state index contributed by atoms with van der Waals surface area (Å²) in [6.07, 6.45) is 0. The zero-order valence-electron chi connectivity index (χ0n) is 6.33. The molecule has 1 N–H and O–H groups in total. The topological polar surface area (TPSA) is 49.4 Å². The normalized spacial score (nSPS) is 34.3. The minimum atomic E-state index is 0.0639. The Balaban J connectivity index is 2.04. The van der Waals surface area contributed by atoms with Gasteiger partial charge in [0.25, 0.3) is 0 Å². The second-order valence-electron chi connectivity index (χ2n) is 3.15. The number of hydrogen-bond donors (Lipinski definition) is 1. The van der Waals surface area contributed by atoms with Gasteiger partial charge in [-0.1, -0.05) is 0 Å². The molecule has 2 rings (SSSR count). The molecule has 0 aromatic rings. The summed E-state index contributed by atoms with van der Waals surface area (Å²) in [4.78, 5) is 23.4. The molecule has 0 radical (unpaired) electrons. The Bertz CT molecular complexity index is 226. The molecule has 0 spiro atoms. The first kappa shape index (κ1) is 6.64. The van der Waals surface area contributed by atoms with Crippen LogP contribution >= 0.6 is 0 Å². The van der Waals surface area contributed by atoms with Gasteiger partial charge in [-0.15, -0.1) is 0 Å². The van der Waals surface area contributed by atoms with Gasteiger partial charge in [0.15, 0.2) is 0 Å². The molecular formula is C7H10N2O2. The molecule has 0 aromatic heterocycles. The van der Waals surface area contributed by atoms with Crippen LogP contribution in [0.2, 0.25) is 0 Å². The van der Waals surface area contributed by atoms with E-state index >= 15 is 0 Å². The summed E-state index contributed by atoms with van der Waals surface area (Å²) in [5, 5.41) is 2.76. The second kappa shape index (κ2) is 1.96. The lowest BCUT2D eigenvalue weighted by Crippen LogP contribution is -2.57. The van der Waals surface area contributed by atoms with Crippen molar-refractivity contribution in [2.75, 3.05) is 13.1 Å². The van der Waals surface area contributed by atoms with Crippen molar-refractivity contribution in [3.8, 4) is 0 Å². The van der Waals surface area contributed by atoms with E-state index in [2.05, 4.69) is 5.32 Å². The number of likely N-dealkylation sites (tertiary alicyclic amines) is 1. The Hall–Kier alpha value is -1.06. The largest absolute Gasteiger partial charge is 0.350 e. The van der Waals surface area contributed by atoms with E-state index in [4.69, 9.17) is 0 Å². The van der Waals surface area contributed by atoms with Gasteiger partial charge in [0.1, 0.15) is 0 Å². The van der Waals surface area contributed by atoms with Crippen LogP contribution in [-0.2, 0) is 9.59 Å². The van der Waals surface area contributed by atoms with Crippen LogP contribution in [0.25, 0.3) is 0 Å². The van der Waals surface area contributed by atoms with Gasteiger partial charge in [-0.05, 0) is 0 Å². The highest BCUT2D eigenvalue weighted by atomic mass is 16.2. The molecule has 2 fully saturated rings. The van der Waals surface area contributed by atoms with Crippen molar-refractivity contribution < 1.29 is 9.59 Å². The molecule has 4 nitrogen and oxygen atoms in total. The quantitative estimate of drug-likeness (QED) is 0.453. The van der Waals surface area contributed by atoms with Gasteiger partial charge >= 0.3 is 0 Å². The summed E-state index contributed by atoms with van der Waals surface area (Å²) in [5.41, 5.74) is 0. The summed E-state index contributed by atoms with van der Waals surface area (Å²) in [7, 11) is 0. The lowest BCUT2D eigenvalue weighted by molar-refractivity contribution is -0.132. The zero-order valence-corrected chi connectivity index (χ0v) is 6.33. The third-order valence-electron chi connectivity index (χ3n) is 2.43. The predicted molar refractivity (Wildman–Crippen MR) is 37.7 cm³/mol. The molecule has 2 aliphatic heterocycles. The Labute approximate surface area is 64.5 Å². The van der Waals surface area contributed by atoms with E-state index in [-0.39, 0.29) is 23.8 Å². The fourth-order valence-corrected chi connectivity index (χ4v) is 1.67. The van der Waals surface area contributed by atoms with Gasteiger partial charge in [0.2, 0.25) is 11.8 Å². The van der Waals surface area contributed by atoms with Crippen LogP contribution in [0.1, 0.15) is 6.92 Å². The summed E-state index contributed by atoms with van der Waals surface area (Å²) >= 11 is 0. The second-order valence-corrected chi connectivity index (χ2v) is 3.15. The van der Waals surface area contributed by atoms with Crippen molar-refractivity contribution in [1.82, 2.24) is 10.2 Å². The highest BCUT2D eigenvalue weighted by Crippen LogP contribution is 2.24. The van der Waals surface area contributed by atoms with Crippen molar-refractivity contribution in [2.45, 2.75) is 13.0 Å². The van der Waals surface area contributed by atoms with Crippen LogP contribution in [0.4, 0.5) is 0 Å². The smallest absolute Gasteiger partial charge is 0.227 e. The lowest BCUT2D eigenvalue weighted by Gasteiger charge is -2.28. The van der Waals surface area contributed by atoms with Crippen LogP contribution < -0.4 is 5.32 Å². The molecule has 0 unspecified atom stereocenters. The van der Waals surface area contributed by atoms with E-state index in [0.717, 1.165) is 0 Å². The molecule has 2 saturated heterocycles. The minimum absolute atomic E-state index is 0.0639. The maximum Gasteiger partial charge on any atom is 0.227 e. The van der Waals surface area contributed by atoms with Gasteiger partial charge in [0, 0.05) is 20.0 Å². The molecule has 0 aromatic carbocycles. The number of fused-ring (bicyclic) bond motifs is 1. The molecule has 60 valence electrons. The van der Waals surface area contributed by atoms with Crippen LogP contribution in [0, 0.1) is 5.92 Å². The molecule has 0 bridgehead atoms. The standard InChI is InChI=1S/C7H10N2O2/c1-4(10)9-2-5-6(3-9)8-7(5)11/h5-6H,2-3H2,1H3,(H,8,11)/t5-,6+/m0/s1. The monoisotopic (exact) mass is 154 g/mol. The molecule has 2 atom stereocenters. The van der Waals surface area contributed by atoms with Crippen LogP contribution in [0.5, 0.6) is 0 Å².